The Morgan fingerprint density at radius 3 is 2.31 bits per heavy atom. The van der Waals surface area contributed by atoms with Gasteiger partial charge in [-0.1, -0.05) is 24.3 Å². The molecule has 2 N–H and O–H groups in total. The predicted octanol–water partition coefficient (Wildman–Crippen LogP) is 2.85. The molecule has 0 atom stereocenters. The van der Waals surface area contributed by atoms with Crippen LogP contribution in [-0.2, 0) is 22.6 Å². The van der Waals surface area contributed by atoms with Crippen LogP contribution in [0.1, 0.15) is 43.2 Å². The van der Waals surface area contributed by atoms with E-state index in [0.29, 0.717) is 6.10 Å². The van der Waals surface area contributed by atoms with Crippen molar-refractivity contribution in [2.45, 2.75) is 57.4 Å². The predicted molar refractivity (Wildman–Crippen MR) is 140 cm³/mol. The standard InChI is InChI=1S/C24H40N4O3.HI/c1-25-24(28-14-10-23(11-15-28)31-17-3-16-30-2)26-18-20-4-6-21(7-5-20)19-27-12-8-22(29)9-13-27;/h4-7,22-23,29H,3,8-19H2,1-2H3,(H,25,26);1H. The first kappa shape index (κ1) is 27.3. The van der Waals surface area contributed by atoms with Gasteiger partial charge in [0.05, 0.1) is 12.2 Å². The fraction of sp³-hybridized carbons (Fsp3) is 0.708. The second-order valence-corrected chi connectivity index (χ2v) is 8.63. The van der Waals surface area contributed by atoms with E-state index in [0.717, 1.165) is 90.5 Å². The molecule has 0 saturated carbocycles. The van der Waals surface area contributed by atoms with Crippen molar-refractivity contribution in [3.8, 4) is 0 Å². The first-order chi connectivity index (χ1) is 15.2. The number of piperidine rings is 2. The zero-order chi connectivity index (χ0) is 21.9. The van der Waals surface area contributed by atoms with Gasteiger partial charge < -0.3 is 24.8 Å². The fourth-order valence-electron chi connectivity index (χ4n) is 4.30. The van der Waals surface area contributed by atoms with Crippen LogP contribution in [0.4, 0.5) is 0 Å². The summed E-state index contributed by atoms with van der Waals surface area (Å²) >= 11 is 0. The molecule has 0 radical (unpaired) electrons. The molecule has 2 fully saturated rings. The van der Waals surface area contributed by atoms with Crippen LogP contribution < -0.4 is 5.32 Å². The highest BCUT2D eigenvalue weighted by Crippen LogP contribution is 2.16. The van der Waals surface area contributed by atoms with Crippen molar-refractivity contribution in [1.29, 1.82) is 0 Å². The van der Waals surface area contributed by atoms with Crippen LogP contribution in [-0.4, -0.2) is 86.6 Å². The number of benzene rings is 1. The third kappa shape index (κ3) is 9.13. The highest BCUT2D eigenvalue weighted by atomic mass is 127. The second-order valence-electron chi connectivity index (χ2n) is 8.63. The van der Waals surface area contributed by atoms with Crippen molar-refractivity contribution >= 4 is 29.9 Å². The molecule has 0 amide bonds. The lowest BCUT2D eigenvalue weighted by atomic mass is 10.1. The Bertz CT molecular complexity index is 658. The van der Waals surface area contributed by atoms with Crippen molar-refractivity contribution in [3.05, 3.63) is 35.4 Å². The molecule has 0 aromatic heterocycles. The number of aliphatic hydroxyl groups is 1. The lowest BCUT2D eigenvalue weighted by Gasteiger charge is -2.34. The minimum absolute atomic E-state index is 0. The number of aliphatic hydroxyl groups excluding tert-OH is 1. The van der Waals surface area contributed by atoms with E-state index in [2.05, 4.69) is 44.4 Å². The summed E-state index contributed by atoms with van der Waals surface area (Å²) in [6.45, 7) is 7.18. The molecule has 2 saturated heterocycles. The van der Waals surface area contributed by atoms with Crippen molar-refractivity contribution in [1.82, 2.24) is 15.1 Å². The second kappa shape index (κ2) is 15.1. The number of aliphatic imine (C=N–C) groups is 1. The van der Waals surface area contributed by atoms with E-state index < -0.39 is 0 Å². The third-order valence-electron chi connectivity index (χ3n) is 6.24. The average Bonchev–Trinajstić information content (AvgIpc) is 2.80. The van der Waals surface area contributed by atoms with Crippen LogP contribution in [0, 0.1) is 0 Å². The van der Waals surface area contributed by atoms with Gasteiger partial charge in [-0.2, -0.15) is 0 Å². The molecule has 2 aliphatic heterocycles. The van der Waals surface area contributed by atoms with E-state index in [4.69, 9.17) is 9.47 Å². The molecule has 1 aromatic rings. The Labute approximate surface area is 210 Å². The number of ether oxygens (including phenoxy) is 2. The Balaban J connectivity index is 0.00000363. The smallest absolute Gasteiger partial charge is 0.193 e. The summed E-state index contributed by atoms with van der Waals surface area (Å²) in [7, 11) is 3.59. The van der Waals surface area contributed by atoms with Gasteiger partial charge in [0, 0.05) is 66.6 Å². The highest BCUT2D eigenvalue weighted by Gasteiger charge is 2.22. The monoisotopic (exact) mass is 560 g/mol. The van der Waals surface area contributed by atoms with E-state index in [1.165, 1.54) is 11.1 Å². The number of rotatable bonds is 9. The molecule has 0 unspecified atom stereocenters. The topological polar surface area (TPSA) is 69.6 Å². The van der Waals surface area contributed by atoms with Crippen molar-refractivity contribution in [3.63, 3.8) is 0 Å². The molecule has 32 heavy (non-hydrogen) atoms. The van der Waals surface area contributed by atoms with E-state index in [1.54, 1.807) is 7.11 Å². The van der Waals surface area contributed by atoms with Crippen molar-refractivity contribution < 1.29 is 14.6 Å². The molecule has 182 valence electrons. The molecule has 3 rings (SSSR count). The lowest BCUT2D eigenvalue weighted by molar-refractivity contribution is 0.00989. The number of methoxy groups -OCH3 is 1. The van der Waals surface area contributed by atoms with Gasteiger partial charge in [-0.15, -0.1) is 24.0 Å². The molecule has 0 aliphatic carbocycles. The average molecular weight is 561 g/mol. The SMILES string of the molecule is CN=C(NCc1ccc(CN2CCC(O)CC2)cc1)N1CCC(OCCCOC)CC1.I. The van der Waals surface area contributed by atoms with Gasteiger partial charge >= 0.3 is 0 Å². The summed E-state index contributed by atoms with van der Waals surface area (Å²) in [6, 6.07) is 8.84. The van der Waals surface area contributed by atoms with Gasteiger partial charge in [-0.05, 0) is 43.2 Å². The maximum Gasteiger partial charge on any atom is 0.193 e. The Morgan fingerprint density at radius 2 is 1.69 bits per heavy atom. The molecular weight excluding hydrogens is 519 g/mol. The fourth-order valence-corrected chi connectivity index (χ4v) is 4.30. The van der Waals surface area contributed by atoms with E-state index in [-0.39, 0.29) is 30.1 Å². The molecule has 2 heterocycles. The molecule has 0 bridgehead atoms. The molecule has 8 heteroatoms. The quantitative estimate of drug-likeness (QED) is 0.210. The van der Waals surface area contributed by atoms with Gasteiger partial charge in [-0.3, -0.25) is 9.89 Å². The Hall–Kier alpha value is -0.940. The minimum Gasteiger partial charge on any atom is -0.393 e. The summed E-state index contributed by atoms with van der Waals surface area (Å²) < 4.78 is 11.0. The maximum absolute atomic E-state index is 9.66. The van der Waals surface area contributed by atoms with Crippen LogP contribution in [0.25, 0.3) is 0 Å². The Morgan fingerprint density at radius 1 is 1.03 bits per heavy atom. The summed E-state index contributed by atoms with van der Waals surface area (Å²) in [5.74, 6) is 0.966. The van der Waals surface area contributed by atoms with Crippen molar-refractivity contribution in [2.24, 2.45) is 4.99 Å². The number of hydrogen-bond acceptors (Lipinski definition) is 5. The summed E-state index contributed by atoms with van der Waals surface area (Å²) in [5.41, 5.74) is 2.59. The van der Waals surface area contributed by atoms with Crippen LogP contribution in [0.15, 0.2) is 29.3 Å². The van der Waals surface area contributed by atoms with Gasteiger partial charge in [0.2, 0.25) is 0 Å². The molecular formula is C24H41IN4O3. The normalized spacial score (nSPS) is 19.1. The van der Waals surface area contributed by atoms with Crippen LogP contribution >= 0.6 is 24.0 Å². The van der Waals surface area contributed by atoms with Gasteiger partial charge in [0.25, 0.3) is 0 Å². The van der Waals surface area contributed by atoms with E-state index >= 15 is 0 Å². The maximum atomic E-state index is 9.66. The third-order valence-corrected chi connectivity index (χ3v) is 6.24. The number of nitrogens with zero attached hydrogens (tertiary/aromatic N) is 3. The number of guanidine groups is 1. The molecule has 2 aliphatic rings. The van der Waals surface area contributed by atoms with E-state index in [9.17, 15) is 5.11 Å². The highest BCUT2D eigenvalue weighted by molar-refractivity contribution is 14.0. The lowest BCUT2D eigenvalue weighted by Crippen LogP contribution is -2.46. The first-order valence-electron chi connectivity index (χ1n) is 11.7. The van der Waals surface area contributed by atoms with Crippen LogP contribution in [0.2, 0.25) is 0 Å². The number of nitrogens with one attached hydrogen (secondary N) is 1. The Kier molecular flexibility index (Phi) is 12.8. The van der Waals surface area contributed by atoms with Crippen LogP contribution in [0.3, 0.4) is 0 Å². The summed E-state index contributed by atoms with van der Waals surface area (Å²) in [5, 5.41) is 13.2. The zero-order valence-corrected chi connectivity index (χ0v) is 22.0. The van der Waals surface area contributed by atoms with Crippen molar-refractivity contribution in [2.75, 3.05) is 53.6 Å². The number of hydrogen-bond donors (Lipinski definition) is 2. The summed E-state index contributed by atoms with van der Waals surface area (Å²) in [6.07, 6.45) is 5.04. The number of likely N-dealkylation sites (tertiary alicyclic amines) is 2. The molecule has 7 nitrogen and oxygen atoms in total. The van der Waals surface area contributed by atoms with Gasteiger partial charge in [0.1, 0.15) is 0 Å². The minimum atomic E-state index is -0.113. The van der Waals surface area contributed by atoms with E-state index in [1.807, 2.05) is 7.05 Å². The van der Waals surface area contributed by atoms with Crippen LogP contribution in [0.5, 0.6) is 0 Å². The zero-order valence-electron chi connectivity index (χ0n) is 19.7. The van der Waals surface area contributed by atoms with Gasteiger partial charge in [-0.25, -0.2) is 0 Å². The van der Waals surface area contributed by atoms with Gasteiger partial charge in [0.15, 0.2) is 5.96 Å². The first-order valence-corrected chi connectivity index (χ1v) is 11.7. The number of halogens is 1. The summed E-state index contributed by atoms with van der Waals surface area (Å²) in [4.78, 5) is 9.24. The largest absolute Gasteiger partial charge is 0.393 e. The molecule has 0 spiro atoms. The molecule has 1 aromatic carbocycles.